The first-order valence-electron chi connectivity index (χ1n) is 15.0. The van der Waals surface area contributed by atoms with E-state index < -0.39 is 0 Å². The average Bonchev–Trinajstić information content (AvgIpc) is 3.64. The molecule has 1 N–H and O–H groups in total. The first kappa shape index (κ1) is 27.4. The van der Waals surface area contributed by atoms with Gasteiger partial charge in [-0.15, -0.1) is 11.3 Å². The highest BCUT2D eigenvalue weighted by Gasteiger charge is 2.24. The van der Waals surface area contributed by atoms with Crippen molar-refractivity contribution in [3.8, 4) is 21.7 Å². The highest BCUT2D eigenvalue weighted by Crippen LogP contribution is 2.35. The van der Waals surface area contributed by atoms with Crippen LogP contribution in [0.25, 0.3) is 37.4 Å². The molecule has 1 fully saturated rings. The molecule has 7 rings (SSSR count). The summed E-state index contributed by atoms with van der Waals surface area (Å²) in [4.78, 5) is 23.7. The Balaban J connectivity index is 1.12. The van der Waals surface area contributed by atoms with Crippen LogP contribution in [-0.4, -0.2) is 51.4 Å². The van der Waals surface area contributed by atoms with Crippen molar-refractivity contribution in [1.29, 1.82) is 0 Å². The minimum absolute atomic E-state index is 0.0373. The molecule has 0 saturated carbocycles. The third kappa shape index (κ3) is 5.66. The number of nitrogens with zero attached hydrogens (tertiary/aromatic N) is 4. The van der Waals surface area contributed by atoms with E-state index in [2.05, 4.69) is 114 Å². The van der Waals surface area contributed by atoms with E-state index in [0.29, 0.717) is 19.0 Å². The van der Waals surface area contributed by atoms with Gasteiger partial charge in [-0.2, -0.15) is 0 Å². The monoisotopic (exact) mass is 585 g/mol. The van der Waals surface area contributed by atoms with Crippen LogP contribution in [0.15, 0.2) is 103 Å². The zero-order chi connectivity index (χ0) is 29.3. The molecule has 0 bridgehead atoms. The van der Waals surface area contributed by atoms with Gasteiger partial charge in [-0.25, -0.2) is 9.78 Å². The Morgan fingerprint density at radius 1 is 0.860 bits per heavy atom. The number of benzene rings is 3. The number of amides is 2. The van der Waals surface area contributed by atoms with Crippen molar-refractivity contribution in [2.24, 2.45) is 0 Å². The minimum Gasteiger partial charge on any atom is -0.322 e. The smallest absolute Gasteiger partial charge is 0.321 e. The number of hydrogen-bond acceptors (Lipinski definition) is 4. The number of pyridine rings is 1. The van der Waals surface area contributed by atoms with Gasteiger partial charge >= 0.3 is 6.03 Å². The van der Waals surface area contributed by atoms with Gasteiger partial charge in [0.25, 0.3) is 0 Å². The summed E-state index contributed by atoms with van der Waals surface area (Å²) in [7, 11) is 0. The van der Waals surface area contributed by atoms with Crippen molar-refractivity contribution in [2.45, 2.75) is 26.3 Å². The molecule has 1 saturated heterocycles. The fourth-order valence-corrected chi connectivity index (χ4v) is 6.87. The molecule has 0 aliphatic carbocycles. The highest BCUT2D eigenvalue weighted by atomic mass is 32.1. The number of carbonyl (C=O) groups is 1. The summed E-state index contributed by atoms with van der Waals surface area (Å²) in [5, 5.41) is 4.35. The van der Waals surface area contributed by atoms with E-state index in [1.807, 2.05) is 34.4 Å². The van der Waals surface area contributed by atoms with Crippen molar-refractivity contribution in [3.05, 3.63) is 115 Å². The van der Waals surface area contributed by atoms with E-state index in [9.17, 15) is 4.79 Å². The molecule has 7 heteroatoms. The summed E-state index contributed by atoms with van der Waals surface area (Å²) in [5.74, 6) is 0.468. The number of urea groups is 1. The lowest BCUT2D eigenvalue weighted by atomic mass is 10.0. The molecule has 4 heterocycles. The highest BCUT2D eigenvalue weighted by molar-refractivity contribution is 7.22. The third-order valence-corrected chi connectivity index (χ3v) is 9.50. The number of carbonyl (C=O) groups excluding carboxylic acids is 1. The zero-order valence-corrected chi connectivity index (χ0v) is 25.3. The van der Waals surface area contributed by atoms with Crippen LogP contribution in [0, 0.1) is 0 Å². The first-order valence-corrected chi connectivity index (χ1v) is 15.8. The Hall–Kier alpha value is -4.46. The summed E-state index contributed by atoms with van der Waals surface area (Å²) in [6, 6.07) is 33.7. The van der Waals surface area contributed by atoms with Gasteiger partial charge in [0, 0.05) is 65.3 Å². The van der Waals surface area contributed by atoms with Crippen molar-refractivity contribution < 1.29 is 4.79 Å². The van der Waals surface area contributed by atoms with Gasteiger partial charge in [-0.3, -0.25) is 4.90 Å². The van der Waals surface area contributed by atoms with Crippen molar-refractivity contribution in [1.82, 2.24) is 19.2 Å². The molecule has 3 aromatic carbocycles. The van der Waals surface area contributed by atoms with Crippen LogP contribution in [0.5, 0.6) is 0 Å². The number of anilines is 1. The molecular weight excluding hydrogens is 550 g/mol. The van der Waals surface area contributed by atoms with Gasteiger partial charge in [0.2, 0.25) is 0 Å². The second-order valence-corrected chi connectivity index (χ2v) is 12.6. The van der Waals surface area contributed by atoms with E-state index >= 15 is 0 Å². The van der Waals surface area contributed by atoms with Crippen LogP contribution in [0.3, 0.4) is 0 Å². The first-order chi connectivity index (χ1) is 21.0. The molecule has 43 heavy (non-hydrogen) atoms. The molecule has 6 nitrogen and oxygen atoms in total. The van der Waals surface area contributed by atoms with Gasteiger partial charge in [-0.05, 0) is 53.3 Å². The summed E-state index contributed by atoms with van der Waals surface area (Å²) in [5.41, 5.74) is 7.54. The predicted octanol–water partition coefficient (Wildman–Crippen LogP) is 8.36. The van der Waals surface area contributed by atoms with Gasteiger partial charge in [-0.1, -0.05) is 74.5 Å². The van der Waals surface area contributed by atoms with Gasteiger partial charge in [0.15, 0.2) is 0 Å². The molecular formula is C36H35N5OS. The molecule has 0 spiro atoms. The number of fused-ring (bicyclic) bond motifs is 2. The van der Waals surface area contributed by atoms with Crippen LogP contribution >= 0.6 is 11.3 Å². The van der Waals surface area contributed by atoms with Gasteiger partial charge in [0.1, 0.15) is 5.65 Å². The fourth-order valence-electron chi connectivity index (χ4n) is 5.82. The van der Waals surface area contributed by atoms with Crippen LogP contribution in [0.2, 0.25) is 0 Å². The lowest BCUT2D eigenvalue weighted by molar-refractivity contribution is 0.142. The summed E-state index contributed by atoms with van der Waals surface area (Å²) in [6.07, 6.45) is 2.24. The van der Waals surface area contributed by atoms with E-state index in [1.165, 1.54) is 31.8 Å². The second kappa shape index (κ2) is 11.7. The molecule has 216 valence electrons. The van der Waals surface area contributed by atoms with Crippen molar-refractivity contribution >= 4 is 38.8 Å². The summed E-state index contributed by atoms with van der Waals surface area (Å²) in [6.45, 7) is 8.07. The molecule has 3 aromatic heterocycles. The Morgan fingerprint density at radius 2 is 1.60 bits per heavy atom. The maximum atomic E-state index is 13.0. The van der Waals surface area contributed by atoms with E-state index in [-0.39, 0.29) is 6.03 Å². The molecule has 2 amide bonds. The Labute approximate surface area is 256 Å². The van der Waals surface area contributed by atoms with E-state index in [1.54, 1.807) is 0 Å². The zero-order valence-electron chi connectivity index (χ0n) is 24.5. The van der Waals surface area contributed by atoms with Crippen molar-refractivity contribution in [2.75, 3.05) is 31.5 Å². The van der Waals surface area contributed by atoms with Crippen LogP contribution in [0.1, 0.15) is 31.0 Å². The van der Waals surface area contributed by atoms with Crippen LogP contribution in [0.4, 0.5) is 10.5 Å². The second-order valence-electron chi connectivity index (χ2n) is 11.5. The van der Waals surface area contributed by atoms with Crippen LogP contribution < -0.4 is 5.32 Å². The Kier molecular flexibility index (Phi) is 7.43. The molecule has 0 atom stereocenters. The van der Waals surface area contributed by atoms with E-state index in [4.69, 9.17) is 4.98 Å². The normalized spacial score (nSPS) is 14.2. The molecule has 0 radical (unpaired) electrons. The molecule has 6 aromatic rings. The topological polar surface area (TPSA) is 52.9 Å². The largest absolute Gasteiger partial charge is 0.322 e. The number of aromatic nitrogens is 2. The minimum atomic E-state index is -0.0373. The SMILES string of the molecule is CC(C)c1ccc(NC(=O)N2CCN(Cc3c(-c4ccccc4)nc4ccc(-c5cc6ccccc6s5)cn34)CC2)cc1. The number of nitrogens with one attached hydrogen (secondary N) is 1. The number of piperazine rings is 1. The van der Waals surface area contributed by atoms with Crippen LogP contribution in [-0.2, 0) is 6.54 Å². The third-order valence-electron chi connectivity index (χ3n) is 8.34. The number of hydrogen-bond donors (Lipinski definition) is 1. The molecule has 1 aliphatic rings. The average molecular weight is 586 g/mol. The molecule has 1 aliphatic heterocycles. The lowest BCUT2D eigenvalue weighted by Crippen LogP contribution is -2.49. The Morgan fingerprint density at radius 3 is 2.35 bits per heavy atom. The molecule has 0 unspecified atom stereocenters. The van der Waals surface area contributed by atoms with Crippen molar-refractivity contribution in [3.63, 3.8) is 0 Å². The van der Waals surface area contributed by atoms with E-state index in [0.717, 1.165) is 42.2 Å². The fraction of sp³-hybridized carbons (Fsp3) is 0.222. The maximum Gasteiger partial charge on any atom is 0.321 e. The summed E-state index contributed by atoms with van der Waals surface area (Å²) < 4.78 is 3.56. The number of thiophene rings is 1. The lowest BCUT2D eigenvalue weighted by Gasteiger charge is -2.34. The Bertz CT molecular complexity index is 1850. The number of imidazole rings is 1. The van der Waals surface area contributed by atoms with Gasteiger partial charge < -0.3 is 14.6 Å². The standard InChI is InChI=1S/C36H35N5OS/c1-25(2)26-12-15-30(16-13-26)37-36(42)40-20-18-39(19-21-40)24-31-35(27-8-4-3-5-9-27)38-34-17-14-29(23-41(31)34)33-22-28-10-6-7-11-32(28)43-33/h3-17,22-23,25H,18-21,24H2,1-2H3,(H,37,42). The predicted molar refractivity (Wildman–Crippen MR) is 178 cm³/mol. The van der Waals surface area contributed by atoms with Gasteiger partial charge in [0.05, 0.1) is 11.4 Å². The summed E-state index contributed by atoms with van der Waals surface area (Å²) >= 11 is 1.82. The number of rotatable bonds is 6. The maximum absolute atomic E-state index is 13.0. The quantitative estimate of drug-likeness (QED) is 0.214.